The molecule has 4 unspecified atom stereocenters. The molecule has 2 nitrogen and oxygen atoms in total. The predicted molar refractivity (Wildman–Crippen MR) is 86.0 cm³/mol. The van der Waals surface area contributed by atoms with E-state index in [0.717, 1.165) is 19.1 Å². The lowest BCUT2D eigenvalue weighted by Crippen LogP contribution is -2.37. The number of hydrogen-bond acceptors (Lipinski definition) is 2. The molecule has 0 heterocycles. The van der Waals surface area contributed by atoms with Crippen molar-refractivity contribution >= 4 is 0 Å². The minimum Gasteiger partial charge on any atom is -0.378 e. The molecule has 0 aliphatic heterocycles. The number of nitrogens with one attached hydrogen (secondary N) is 1. The summed E-state index contributed by atoms with van der Waals surface area (Å²) in [6.07, 6.45) is 8.27. The molecule has 2 heteroatoms. The molecule has 2 aliphatic carbocycles. The molecule has 0 spiro atoms. The number of rotatable bonds is 8. The van der Waals surface area contributed by atoms with Gasteiger partial charge in [-0.1, -0.05) is 34.6 Å². The smallest absolute Gasteiger partial charge is 0.0636 e. The van der Waals surface area contributed by atoms with E-state index in [0.29, 0.717) is 23.0 Å². The van der Waals surface area contributed by atoms with Crippen molar-refractivity contribution in [1.29, 1.82) is 0 Å². The summed E-state index contributed by atoms with van der Waals surface area (Å²) in [5.74, 6) is 0.891. The molecule has 0 amide bonds. The normalized spacial score (nSPS) is 36.5. The highest BCUT2D eigenvalue weighted by molar-refractivity contribution is 5.11. The molecule has 1 N–H and O–H groups in total. The Bertz CT molecular complexity index is 315. The van der Waals surface area contributed by atoms with Gasteiger partial charge in [-0.15, -0.1) is 0 Å². The highest BCUT2D eigenvalue weighted by Crippen LogP contribution is 2.66. The third-order valence-corrected chi connectivity index (χ3v) is 6.72. The maximum atomic E-state index is 6.32. The lowest BCUT2D eigenvalue weighted by Gasteiger charge is -2.39. The van der Waals surface area contributed by atoms with Crippen LogP contribution in [0.25, 0.3) is 0 Å². The van der Waals surface area contributed by atoms with Crippen molar-refractivity contribution in [3.05, 3.63) is 0 Å². The molecule has 0 saturated heterocycles. The average molecular weight is 281 g/mol. The van der Waals surface area contributed by atoms with Crippen molar-refractivity contribution in [2.75, 3.05) is 13.2 Å². The first-order valence-corrected chi connectivity index (χ1v) is 8.80. The molecule has 118 valence electrons. The fraction of sp³-hybridized carbons (Fsp3) is 1.00. The van der Waals surface area contributed by atoms with E-state index >= 15 is 0 Å². The van der Waals surface area contributed by atoms with Gasteiger partial charge in [0.15, 0.2) is 0 Å². The molecule has 4 atom stereocenters. The Kier molecular flexibility index (Phi) is 5.18. The average Bonchev–Trinajstić information content (AvgIpc) is 2.75. The zero-order chi connectivity index (χ0) is 14.8. The van der Waals surface area contributed by atoms with Gasteiger partial charge in [0.1, 0.15) is 0 Å². The Balaban J connectivity index is 1.74. The van der Waals surface area contributed by atoms with Crippen LogP contribution in [-0.2, 0) is 4.74 Å². The van der Waals surface area contributed by atoms with Crippen LogP contribution in [0.2, 0.25) is 0 Å². The Hall–Kier alpha value is -0.0800. The predicted octanol–water partition coefficient (Wildman–Crippen LogP) is 4.39. The third-order valence-electron chi connectivity index (χ3n) is 6.72. The summed E-state index contributed by atoms with van der Waals surface area (Å²) < 4.78 is 6.32. The van der Waals surface area contributed by atoms with Crippen LogP contribution in [0, 0.1) is 16.7 Å². The van der Waals surface area contributed by atoms with Crippen LogP contribution in [0.15, 0.2) is 0 Å². The van der Waals surface area contributed by atoms with E-state index in [4.69, 9.17) is 4.74 Å². The summed E-state index contributed by atoms with van der Waals surface area (Å²) in [4.78, 5) is 0. The lowest BCUT2D eigenvalue weighted by molar-refractivity contribution is -0.0478. The summed E-state index contributed by atoms with van der Waals surface area (Å²) in [6.45, 7) is 13.9. The highest BCUT2D eigenvalue weighted by Gasteiger charge is 2.61. The SMILES string of the molecule is CCNC(CC)CCCOC1CC2CCC1(C)C2(C)C. The molecule has 2 rings (SSSR count). The van der Waals surface area contributed by atoms with E-state index < -0.39 is 0 Å². The first-order chi connectivity index (χ1) is 9.45. The van der Waals surface area contributed by atoms with Crippen LogP contribution >= 0.6 is 0 Å². The standard InChI is InChI=1S/C18H35NO/c1-6-15(19-7-2)9-8-12-20-16-13-14-10-11-18(16,5)17(14,3)4/h14-16,19H,6-13H2,1-5H3. The molecular formula is C18H35NO. The van der Waals surface area contributed by atoms with Crippen LogP contribution in [-0.4, -0.2) is 25.3 Å². The Morgan fingerprint density at radius 3 is 2.50 bits per heavy atom. The lowest BCUT2D eigenvalue weighted by atomic mass is 9.70. The highest BCUT2D eigenvalue weighted by atomic mass is 16.5. The summed E-state index contributed by atoms with van der Waals surface area (Å²) in [5, 5.41) is 3.55. The monoisotopic (exact) mass is 281 g/mol. The molecule has 0 radical (unpaired) electrons. The first-order valence-electron chi connectivity index (χ1n) is 8.80. The second kappa shape index (κ2) is 6.36. The Morgan fingerprint density at radius 1 is 1.25 bits per heavy atom. The van der Waals surface area contributed by atoms with E-state index in [2.05, 4.69) is 39.9 Å². The van der Waals surface area contributed by atoms with Crippen LogP contribution < -0.4 is 5.32 Å². The largest absolute Gasteiger partial charge is 0.378 e. The molecule has 0 aromatic rings. The molecular weight excluding hydrogens is 246 g/mol. The summed E-state index contributed by atoms with van der Waals surface area (Å²) >= 11 is 0. The van der Waals surface area contributed by atoms with Gasteiger partial charge in [-0.05, 0) is 61.8 Å². The van der Waals surface area contributed by atoms with Gasteiger partial charge in [-0.25, -0.2) is 0 Å². The van der Waals surface area contributed by atoms with E-state index in [1.165, 1.54) is 38.5 Å². The Labute approximate surface area is 126 Å². The van der Waals surface area contributed by atoms with Gasteiger partial charge < -0.3 is 10.1 Å². The van der Waals surface area contributed by atoms with Gasteiger partial charge in [0.25, 0.3) is 0 Å². The minimum absolute atomic E-state index is 0.420. The van der Waals surface area contributed by atoms with Crippen molar-refractivity contribution < 1.29 is 4.74 Å². The van der Waals surface area contributed by atoms with Crippen molar-refractivity contribution in [1.82, 2.24) is 5.32 Å². The maximum absolute atomic E-state index is 6.32. The van der Waals surface area contributed by atoms with Crippen molar-refractivity contribution in [2.24, 2.45) is 16.7 Å². The quantitative estimate of drug-likeness (QED) is 0.666. The first kappa shape index (κ1) is 16.3. The van der Waals surface area contributed by atoms with E-state index in [-0.39, 0.29) is 0 Å². The molecule has 2 aliphatic rings. The van der Waals surface area contributed by atoms with Gasteiger partial charge in [0.2, 0.25) is 0 Å². The summed E-state index contributed by atoms with van der Waals surface area (Å²) in [6, 6.07) is 0.677. The fourth-order valence-electron chi connectivity index (χ4n) is 4.68. The van der Waals surface area contributed by atoms with E-state index in [1.807, 2.05) is 0 Å². The molecule has 2 fully saturated rings. The summed E-state index contributed by atoms with van der Waals surface area (Å²) in [5.41, 5.74) is 0.900. The zero-order valence-corrected chi connectivity index (χ0v) is 14.3. The van der Waals surface area contributed by atoms with Gasteiger partial charge in [-0.3, -0.25) is 0 Å². The Morgan fingerprint density at radius 2 is 2.00 bits per heavy atom. The maximum Gasteiger partial charge on any atom is 0.0636 e. The van der Waals surface area contributed by atoms with Crippen molar-refractivity contribution in [3.8, 4) is 0 Å². The third kappa shape index (κ3) is 2.78. The minimum atomic E-state index is 0.420. The van der Waals surface area contributed by atoms with E-state index in [9.17, 15) is 0 Å². The van der Waals surface area contributed by atoms with Gasteiger partial charge in [-0.2, -0.15) is 0 Å². The van der Waals surface area contributed by atoms with Crippen LogP contribution in [0.5, 0.6) is 0 Å². The molecule has 0 aromatic carbocycles. The fourth-order valence-corrected chi connectivity index (χ4v) is 4.68. The van der Waals surface area contributed by atoms with Crippen molar-refractivity contribution in [2.45, 2.75) is 85.3 Å². The molecule has 2 saturated carbocycles. The number of ether oxygens (including phenoxy) is 1. The van der Waals surface area contributed by atoms with Crippen LogP contribution in [0.4, 0.5) is 0 Å². The summed E-state index contributed by atoms with van der Waals surface area (Å²) in [7, 11) is 0. The van der Waals surface area contributed by atoms with Gasteiger partial charge in [0.05, 0.1) is 6.10 Å². The zero-order valence-electron chi connectivity index (χ0n) is 14.3. The van der Waals surface area contributed by atoms with Crippen LogP contribution in [0.3, 0.4) is 0 Å². The van der Waals surface area contributed by atoms with Crippen LogP contribution in [0.1, 0.15) is 73.1 Å². The second-order valence-electron chi connectivity index (χ2n) is 7.77. The topological polar surface area (TPSA) is 21.3 Å². The number of fused-ring (bicyclic) bond motifs is 2. The second-order valence-corrected chi connectivity index (χ2v) is 7.77. The molecule has 0 aromatic heterocycles. The molecule has 20 heavy (non-hydrogen) atoms. The number of hydrogen-bond donors (Lipinski definition) is 1. The van der Waals surface area contributed by atoms with Gasteiger partial charge in [0, 0.05) is 12.6 Å². The van der Waals surface area contributed by atoms with Crippen molar-refractivity contribution in [3.63, 3.8) is 0 Å². The van der Waals surface area contributed by atoms with E-state index in [1.54, 1.807) is 0 Å². The molecule has 2 bridgehead atoms. The van der Waals surface area contributed by atoms with Gasteiger partial charge >= 0.3 is 0 Å².